The minimum atomic E-state index is -3.64. The third kappa shape index (κ3) is 5.88. The second-order valence-electron chi connectivity index (χ2n) is 10.1. The summed E-state index contributed by atoms with van der Waals surface area (Å²) in [6.07, 6.45) is 1.27. The molecule has 1 fully saturated rings. The molecule has 2 aliphatic heterocycles. The average molecular weight is 532 g/mol. The zero-order valence-corrected chi connectivity index (χ0v) is 22.5. The summed E-state index contributed by atoms with van der Waals surface area (Å²) in [6.45, 7) is 5.66. The first-order valence-corrected chi connectivity index (χ1v) is 14.5. The summed E-state index contributed by atoms with van der Waals surface area (Å²) < 4.78 is 27.4. The van der Waals surface area contributed by atoms with E-state index in [1.165, 1.54) is 27.9 Å². The van der Waals surface area contributed by atoms with Crippen molar-refractivity contribution in [3.8, 4) is 0 Å². The lowest BCUT2D eigenvalue weighted by Gasteiger charge is -2.33. The van der Waals surface area contributed by atoms with Crippen LogP contribution in [-0.2, 0) is 40.7 Å². The summed E-state index contributed by atoms with van der Waals surface area (Å²) in [5.41, 5.74) is 5.42. The molecule has 2 heterocycles. The van der Waals surface area contributed by atoms with Gasteiger partial charge in [-0.05, 0) is 40.8 Å². The zero-order valence-electron chi connectivity index (χ0n) is 21.7. The number of rotatable bonds is 7. The summed E-state index contributed by atoms with van der Waals surface area (Å²) in [7, 11) is -3.64. The standard InChI is InChI=1S/C30H33N3O4S/c1-23(34)32-16-18-33(19-17-32)38(36,37)29-12-8-24(9-13-29)20-30(35)27-10-6-25(7-11-27)21-31-15-14-26-4-2-3-5-28(26)22-31/h2-13H,14-22H2,1H3. The summed E-state index contributed by atoms with van der Waals surface area (Å²) in [6, 6.07) is 23.0. The molecule has 0 aliphatic carbocycles. The van der Waals surface area contributed by atoms with E-state index in [1.54, 1.807) is 29.2 Å². The first-order valence-electron chi connectivity index (χ1n) is 13.1. The average Bonchev–Trinajstić information content (AvgIpc) is 2.93. The molecule has 3 aromatic carbocycles. The Kier molecular flexibility index (Phi) is 7.74. The molecule has 0 saturated carbocycles. The molecule has 5 rings (SSSR count). The lowest BCUT2D eigenvalue weighted by atomic mass is 9.99. The molecule has 0 bridgehead atoms. The van der Waals surface area contributed by atoms with Gasteiger partial charge in [-0.25, -0.2) is 8.42 Å². The Hall–Kier alpha value is -3.33. The fourth-order valence-corrected chi connectivity index (χ4v) is 6.62. The van der Waals surface area contributed by atoms with Gasteiger partial charge in [-0.15, -0.1) is 0 Å². The van der Waals surface area contributed by atoms with Gasteiger partial charge in [-0.3, -0.25) is 14.5 Å². The van der Waals surface area contributed by atoms with Crippen molar-refractivity contribution in [2.24, 2.45) is 0 Å². The fourth-order valence-electron chi connectivity index (χ4n) is 5.20. The van der Waals surface area contributed by atoms with Crippen molar-refractivity contribution in [3.63, 3.8) is 0 Å². The number of piperazine rings is 1. The van der Waals surface area contributed by atoms with Gasteiger partial charge in [0.05, 0.1) is 4.90 Å². The van der Waals surface area contributed by atoms with Gasteiger partial charge in [-0.1, -0.05) is 60.7 Å². The van der Waals surface area contributed by atoms with Crippen LogP contribution in [0.1, 0.15) is 39.5 Å². The lowest BCUT2D eigenvalue weighted by Crippen LogP contribution is -2.49. The third-order valence-electron chi connectivity index (χ3n) is 7.50. The molecule has 3 aromatic rings. The summed E-state index contributed by atoms with van der Waals surface area (Å²) in [5, 5.41) is 0. The quantitative estimate of drug-likeness (QED) is 0.436. The number of nitrogens with zero attached hydrogens (tertiary/aromatic N) is 3. The van der Waals surface area contributed by atoms with Gasteiger partial charge in [0, 0.05) is 64.7 Å². The number of hydrogen-bond acceptors (Lipinski definition) is 5. The molecule has 38 heavy (non-hydrogen) atoms. The van der Waals surface area contributed by atoms with E-state index >= 15 is 0 Å². The van der Waals surface area contributed by atoms with Crippen LogP contribution in [0.4, 0.5) is 0 Å². The minimum absolute atomic E-state index is 0.000545. The number of amides is 1. The SMILES string of the molecule is CC(=O)N1CCN(S(=O)(=O)c2ccc(CC(=O)c3ccc(CN4CCc5ccccc5C4)cc3)cc2)CC1. The van der Waals surface area contributed by atoms with Crippen molar-refractivity contribution < 1.29 is 18.0 Å². The van der Waals surface area contributed by atoms with E-state index in [0.29, 0.717) is 18.7 Å². The molecule has 2 aliphatic rings. The van der Waals surface area contributed by atoms with Crippen LogP contribution in [0.2, 0.25) is 0 Å². The Morgan fingerprint density at radius 1 is 0.763 bits per heavy atom. The number of fused-ring (bicyclic) bond motifs is 1. The Morgan fingerprint density at radius 3 is 2.05 bits per heavy atom. The molecule has 1 amide bonds. The molecule has 0 N–H and O–H groups in total. The van der Waals surface area contributed by atoms with E-state index < -0.39 is 10.0 Å². The van der Waals surface area contributed by atoms with E-state index in [-0.39, 0.29) is 36.1 Å². The topological polar surface area (TPSA) is 78.0 Å². The second-order valence-corrected chi connectivity index (χ2v) is 12.0. The minimum Gasteiger partial charge on any atom is -0.340 e. The van der Waals surface area contributed by atoms with Gasteiger partial charge in [0.15, 0.2) is 5.78 Å². The maximum Gasteiger partial charge on any atom is 0.243 e. The molecule has 198 valence electrons. The van der Waals surface area contributed by atoms with Crippen molar-refractivity contribution in [3.05, 3.63) is 101 Å². The Morgan fingerprint density at radius 2 is 1.39 bits per heavy atom. The normalized spacial score (nSPS) is 16.7. The first-order chi connectivity index (χ1) is 18.3. The van der Waals surface area contributed by atoms with Gasteiger partial charge >= 0.3 is 0 Å². The van der Waals surface area contributed by atoms with Crippen molar-refractivity contribution in [1.82, 2.24) is 14.1 Å². The Labute approximate surface area is 224 Å². The monoisotopic (exact) mass is 531 g/mol. The molecule has 7 nitrogen and oxygen atoms in total. The summed E-state index contributed by atoms with van der Waals surface area (Å²) in [4.78, 5) is 28.7. The smallest absolute Gasteiger partial charge is 0.243 e. The van der Waals surface area contributed by atoms with Crippen LogP contribution in [0, 0.1) is 0 Å². The number of Topliss-reactive ketones (excluding diaryl/α,β-unsaturated/α-hetero) is 1. The number of benzene rings is 3. The number of hydrogen-bond donors (Lipinski definition) is 0. The van der Waals surface area contributed by atoms with E-state index in [4.69, 9.17) is 0 Å². The molecule has 8 heteroatoms. The van der Waals surface area contributed by atoms with E-state index in [9.17, 15) is 18.0 Å². The number of carbonyl (C=O) groups is 2. The van der Waals surface area contributed by atoms with Crippen LogP contribution in [-0.4, -0.2) is 66.9 Å². The zero-order chi connectivity index (χ0) is 26.7. The second kappa shape index (κ2) is 11.2. The maximum atomic E-state index is 13.0. The van der Waals surface area contributed by atoms with Crippen LogP contribution in [0.15, 0.2) is 77.7 Å². The van der Waals surface area contributed by atoms with Crippen LogP contribution >= 0.6 is 0 Å². The predicted octanol–water partition coefficient (Wildman–Crippen LogP) is 3.52. The Bertz CT molecular complexity index is 1410. The molecular weight excluding hydrogens is 498 g/mol. The predicted molar refractivity (Wildman–Crippen MR) is 146 cm³/mol. The highest BCUT2D eigenvalue weighted by molar-refractivity contribution is 7.89. The van der Waals surface area contributed by atoms with E-state index in [2.05, 4.69) is 29.2 Å². The summed E-state index contributed by atoms with van der Waals surface area (Å²) >= 11 is 0. The van der Waals surface area contributed by atoms with Crippen molar-refractivity contribution in [2.45, 2.75) is 37.8 Å². The molecule has 0 spiro atoms. The van der Waals surface area contributed by atoms with E-state index in [0.717, 1.165) is 31.6 Å². The fraction of sp³-hybridized carbons (Fsp3) is 0.333. The first kappa shape index (κ1) is 26.3. The third-order valence-corrected chi connectivity index (χ3v) is 9.41. The molecular formula is C30H33N3O4S. The van der Waals surface area contributed by atoms with Crippen molar-refractivity contribution in [2.75, 3.05) is 32.7 Å². The number of ketones is 1. The van der Waals surface area contributed by atoms with Crippen LogP contribution in [0.5, 0.6) is 0 Å². The highest BCUT2D eigenvalue weighted by atomic mass is 32.2. The molecule has 1 saturated heterocycles. The molecule has 0 atom stereocenters. The summed E-state index contributed by atoms with van der Waals surface area (Å²) in [5.74, 6) is -0.0433. The van der Waals surface area contributed by atoms with Gasteiger partial charge in [0.1, 0.15) is 0 Å². The largest absolute Gasteiger partial charge is 0.340 e. The van der Waals surface area contributed by atoms with Gasteiger partial charge in [-0.2, -0.15) is 4.31 Å². The van der Waals surface area contributed by atoms with Gasteiger partial charge in [0.25, 0.3) is 0 Å². The van der Waals surface area contributed by atoms with Gasteiger partial charge < -0.3 is 4.90 Å². The van der Waals surface area contributed by atoms with Crippen LogP contribution < -0.4 is 0 Å². The van der Waals surface area contributed by atoms with Gasteiger partial charge in [0.2, 0.25) is 15.9 Å². The number of sulfonamides is 1. The van der Waals surface area contributed by atoms with Crippen LogP contribution in [0.3, 0.4) is 0 Å². The van der Waals surface area contributed by atoms with Crippen molar-refractivity contribution >= 4 is 21.7 Å². The van der Waals surface area contributed by atoms with Crippen LogP contribution in [0.25, 0.3) is 0 Å². The highest BCUT2D eigenvalue weighted by Crippen LogP contribution is 2.22. The van der Waals surface area contributed by atoms with Crippen molar-refractivity contribution in [1.29, 1.82) is 0 Å². The number of carbonyl (C=O) groups excluding carboxylic acids is 2. The molecule has 0 unspecified atom stereocenters. The lowest BCUT2D eigenvalue weighted by molar-refractivity contribution is -0.129. The highest BCUT2D eigenvalue weighted by Gasteiger charge is 2.29. The molecule has 0 aromatic heterocycles. The Balaban J connectivity index is 1.16. The maximum absolute atomic E-state index is 13.0. The van der Waals surface area contributed by atoms with E-state index in [1.807, 2.05) is 24.3 Å². The molecule has 0 radical (unpaired) electrons.